The molecule has 0 radical (unpaired) electrons. The third kappa shape index (κ3) is 4.83. The van der Waals surface area contributed by atoms with Gasteiger partial charge in [0.2, 0.25) is 5.91 Å². The second-order valence-electron chi connectivity index (χ2n) is 5.95. The Kier molecular flexibility index (Phi) is 6.33. The Morgan fingerprint density at radius 2 is 2.00 bits per heavy atom. The molecule has 7 nitrogen and oxygen atoms in total. The first kappa shape index (κ1) is 21.0. The fourth-order valence-corrected chi connectivity index (χ4v) is 3.65. The maximum Gasteiger partial charge on any atom is 0.387 e. The van der Waals surface area contributed by atoms with Gasteiger partial charge in [-0.1, -0.05) is 29.8 Å². The van der Waals surface area contributed by atoms with E-state index in [-0.39, 0.29) is 33.1 Å². The van der Waals surface area contributed by atoms with Crippen LogP contribution in [-0.4, -0.2) is 30.2 Å². The van der Waals surface area contributed by atoms with Crippen molar-refractivity contribution in [1.82, 2.24) is 0 Å². The summed E-state index contributed by atoms with van der Waals surface area (Å²) in [5.41, 5.74) is 5.94. The van der Waals surface area contributed by atoms with Gasteiger partial charge in [-0.15, -0.1) is 0 Å². The second kappa shape index (κ2) is 8.75. The van der Waals surface area contributed by atoms with Gasteiger partial charge in [0.1, 0.15) is 11.8 Å². The first-order valence-corrected chi connectivity index (χ1v) is 9.39. The van der Waals surface area contributed by atoms with Gasteiger partial charge in [0.25, 0.3) is 5.91 Å². The van der Waals surface area contributed by atoms with E-state index in [2.05, 4.69) is 31.1 Å². The molecule has 1 heterocycles. The van der Waals surface area contributed by atoms with E-state index in [4.69, 9.17) is 17.3 Å². The van der Waals surface area contributed by atoms with Crippen molar-refractivity contribution < 1.29 is 23.1 Å². The number of amides is 2. The Morgan fingerprint density at radius 3 is 2.62 bits per heavy atom. The number of nitrogens with two attached hydrogens (primary N) is 1. The molecule has 2 aromatic rings. The Balaban J connectivity index is 1.89. The van der Waals surface area contributed by atoms with E-state index < -0.39 is 24.5 Å². The lowest BCUT2D eigenvalue weighted by Gasteiger charge is -2.20. The maximum atomic E-state index is 12.7. The van der Waals surface area contributed by atoms with Crippen molar-refractivity contribution in [1.29, 1.82) is 0 Å². The maximum absolute atomic E-state index is 12.7. The van der Waals surface area contributed by atoms with Gasteiger partial charge in [0, 0.05) is 11.4 Å². The number of alkyl halides is 2. The summed E-state index contributed by atoms with van der Waals surface area (Å²) in [5, 5.41) is 8.18. The van der Waals surface area contributed by atoms with E-state index in [0.717, 1.165) is 0 Å². The van der Waals surface area contributed by atoms with E-state index in [1.54, 1.807) is 30.3 Å². The van der Waals surface area contributed by atoms with Crippen LogP contribution in [0.2, 0.25) is 5.02 Å². The molecule has 29 heavy (non-hydrogen) atoms. The molecule has 0 spiro atoms. The van der Waals surface area contributed by atoms with Crippen molar-refractivity contribution in [3.8, 4) is 5.75 Å². The molecular weight excluding hydrogens is 474 g/mol. The van der Waals surface area contributed by atoms with Gasteiger partial charge >= 0.3 is 6.61 Å². The average Bonchev–Trinajstić information content (AvgIpc) is 3.11. The summed E-state index contributed by atoms with van der Waals surface area (Å²) >= 11 is 9.02. The van der Waals surface area contributed by atoms with Crippen molar-refractivity contribution in [2.45, 2.75) is 19.1 Å². The van der Waals surface area contributed by atoms with Crippen molar-refractivity contribution in [3.05, 3.63) is 52.0 Å². The molecule has 1 aliphatic rings. The molecule has 1 unspecified atom stereocenters. The predicted molar refractivity (Wildman–Crippen MR) is 108 cm³/mol. The Labute approximate surface area is 177 Å². The molecule has 0 aromatic heterocycles. The SMILES string of the molecule is NC(=O)C1CC(C(=O)Nc2cc(Cl)cc(Br)c2OC(F)F)=NN1c1ccccc1. The summed E-state index contributed by atoms with van der Waals surface area (Å²) < 4.78 is 30.1. The van der Waals surface area contributed by atoms with E-state index in [9.17, 15) is 18.4 Å². The summed E-state index contributed by atoms with van der Waals surface area (Å²) in [7, 11) is 0. The molecule has 1 aliphatic heterocycles. The highest BCUT2D eigenvalue weighted by Gasteiger charge is 2.35. The summed E-state index contributed by atoms with van der Waals surface area (Å²) in [4.78, 5) is 24.5. The van der Waals surface area contributed by atoms with Crippen molar-refractivity contribution in [3.63, 3.8) is 0 Å². The summed E-state index contributed by atoms with van der Waals surface area (Å²) in [6.45, 7) is -3.11. The van der Waals surface area contributed by atoms with Gasteiger partial charge in [0.15, 0.2) is 5.75 Å². The molecule has 0 fully saturated rings. The van der Waals surface area contributed by atoms with E-state index >= 15 is 0 Å². The van der Waals surface area contributed by atoms with Crippen LogP contribution in [0.1, 0.15) is 6.42 Å². The highest BCUT2D eigenvalue weighted by Crippen LogP contribution is 2.38. The number of hydrogen-bond acceptors (Lipinski definition) is 5. The minimum absolute atomic E-state index is 0.00301. The Morgan fingerprint density at radius 1 is 1.31 bits per heavy atom. The number of anilines is 2. The largest absolute Gasteiger partial charge is 0.431 e. The second-order valence-corrected chi connectivity index (χ2v) is 7.24. The molecule has 11 heteroatoms. The first-order chi connectivity index (χ1) is 13.8. The number of hydrazone groups is 1. The number of nitrogens with zero attached hydrogens (tertiary/aromatic N) is 2. The number of primary amides is 1. The number of hydrogen-bond donors (Lipinski definition) is 2. The lowest BCUT2D eigenvalue weighted by Crippen LogP contribution is -2.39. The van der Waals surface area contributed by atoms with Crippen molar-refractivity contribution >= 4 is 56.4 Å². The molecule has 2 aromatic carbocycles. The van der Waals surface area contributed by atoms with Crippen LogP contribution in [0.3, 0.4) is 0 Å². The van der Waals surface area contributed by atoms with Crippen LogP contribution in [0.5, 0.6) is 5.75 Å². The molecule has 0 saturated carbocycles. The highest BCUT2D eigenvalue weighted by molar-refractivity contribution is 9.10. The van der Waals surface area contributed by atoms with Crippen LogP contribution in [0.25, 0.3) is 0 Å². The monoisotopic (exact) mass is 486 g/mol. The summed E-state index contributed by atoms with van der Waals surface area (Å²) in [6, 6.07) is 10.5. The molecular formula is C18H14BrClF2N4O3. The van der Waals surface area contributed by atoms with Gasteiger partial charge in [0.05, 0.1) is 15.8 Å². The van der Waals surface area contributed by atoms with Crippen LogP contribution in [0.15, 0.2) is 52.0 Å². The fraction of sp³-hybridized carbons (Fsp3) is 0.167. The zero-order valence-electron chi connectivity index (χ0n) is 14.6. The van der Waals surface area contributed by atoms with Crippen molar-refractivity contribution in [2.75, 3.05) is 10.3 Å². The lowest BCUT2D eigenvalue weighted by atomic mass is 10.1. The number of rotatable bonds is 6. The molecule has 152 valence electrons. The highest BCUT2D eigenvalue weighted by atomic mass is 79.9. The Bertz CT molecular complexity index is 975. The predicted octanol–water partition coefficient (Wildman–Crippen LogP) is 3.76. The van der Waals surface area contributed by atoms with E-state index in [0.29, 0.717) is 5.69 Å². The smallest absolute Gasteiger partial charge is 0.387 e. The molecule has 0 bridgehead atoms. The van der Waals surface area contributed by atoms with Crippen LogP contribution >= 0.6 is 27.5 Å². The standard InChI is InChI=1S/C18H14BrClF2N4O3/c19-11-6-9(20)7-12(15(11)29-18(21)22)24-17(28)13-8-14(16(23)27)26(25-13)10-4-2-1-3-5-10/h1-7,14,18H,8H2,(H2,23,27)(H,24,28). The zero-order chi connectivity index (χ0) is 21.1. The molecule has 3 N–H and O–H groups in total. The zero-order valence-corrected chi connectivity index (χ0v) is 17.0. The number of halogens is 4. The number of carbonyl (C=O) groups excluding carboxylic acids is 2. The van der Waals surface area contributed by atoms with Gasteiger partial charge in [-0.25, -0.2) is 0 Å². The van der Waals surface area contributed by atoms with Crippen LogP contribution in [-0.2, 0) is 9.59 Å². The minimum atomic E-state index is -3.11. The lowest BCUT2D eigenvalue weighted by molar-refractivity contribution is -0.119. The van der Waals surface area contributed by atoms with Crippen LogP contribution in [0.4, 0.5) is 20.2 Å². The molecule has 0 saturated heterocycles. The minimum Gasteiger partial charge on any atom is -0.431 e. The number of carbonyl (C=O) groups is 2. The first-order valence-electron chi connectivity index (χ1n) is 8.22. The average molecular weight is 488 g/mol. The number of ether oxygens (including phenoxy) is 1. The molecule has 2 amide bonds. The van der Waals surface area contributed by atoms with Crippen LogP contribution in [0, 0.1) is 0 Å². The molecule has 0 aliphatic carbocycles. The number of nitrogens with one attached hydrogen (secondary N) is 1. The quantitative estimate of drug-likeness (QED) is 0.648. The third-order valence-corrected chi connectivity index (χ3v) is 4.79. The summed E-state index contributed by atoms with van der Waals surface area (Å²) in [6.07, 6.45) is -0.0527. The van der Waals surface area contributed by atoms with Gasteiger partial charge in [-0.3, -0.25) is 14.6 Å². The normalized spacial score (nSPS) is 16.0. The fourth-order valence-electron chi connectivity index (χ4n) is 2.74. The Hall–Kier alpha value is -2.72. The van der Waals surface area contributed by atoms with Crippen LogP contribution < -0.4 is 20.8 Å². The number of para-hydroxylation sites is 1. The van der Waals surface area contributed by atoms with E-state index in [1.807, 2.05) is 0 Å². The van der Waals surface area contributed by atoms with Gasteiger partial charge < -0.3 is 15.8 Å². The van der Waals surface area contributed by atoms with Gasteiger partial charge in [-0.2, -0.15) is 13.9 Å². The topological polar surface area (TPSA) is 97.0 Å². The molecule has 3 rings (SSSR count). The molecule has 1 atom stereocenters. The number of benzene rings is 2. The third-order valence-electron chi connectivity index (χ3n) is 3.99. The summed E-state index contributed by atoms with van der Waals surface area (Å²) in [5.74, 6) is -1.65. The van der Waals surface area contributed by atoms with Crippen molar-refractivity contribution in [2.24, 2.45) is 10.8 Å². The van der Waals surface area contributed by atoms with Gasteiger partial charge in [-0.05, 0) is 40.2 Å². The van der Waals surface area contributed by atoms with E-state index in [1.165, 1.54) is 17.1 Å².